The molecule has 48 heavy (non-hydrogen) atoms. The molecule has 3 saturated heterocycles. The zero-order chi connectivity index (χ0) is 35.0. The van der Waals surface area contributed by atoms with Crippen LogP contribution in [0.1, 0.15) is 61.8 Å². The van der Waals surface area contributed by atoms with Gasteiger partial charge in [-0.15, -0.1) is 0 Å². The minimum Gasteiger partial charge on any atom is -0.459 e. The van der Waals surface area contributed by atoms with Gasteiger partial charge in [0.1, 0.15) is 36.6 Å². The van der Waals surface area contributed by atoms with Gasteiger partial charge < -0.3 is 43.7 Å². The Balaban J connectivity index is 1.38. The van der Waals surface area contributed by atoms with E-state index in [0.29, 0.717) is 0 Å². The highest BCUT2D eigenvalue weighted by Gasteiger charge is 2.93. The van der Waals surface area contributed by atoms with Gasteiger partial charge in [0.2, 0.25) is 5.79 Å². The molecule has 0 amide bonds. The van der Waals surface area contributed by atoms with Gasteiger partial charge in [-0.1, -0.05) is 20.8 Å². The summed E-state index contributed by atoms with van der Waals surface area (Å²) in [5.74, 6) is -10.9. The molecule has 0 aromatic carbocycles. The summed E-state index contributed by atoms with van der Waals surface area (Å²) >= 11 is 0. The van der Waals surface area contributed by atoms with Crippen molar-refractivity contribution in [3.05, 3.63) is 0 Å². The number of carbonyl (C=O) groups excluding carboxylic acids is 5. The zero-order valence-corrected chi connectivity index (χ0v) is 28.2. The lowest BCUT2D eigenvalue weighted by atomic mass is 9.41. The molecular formula is C34H44O14. The van der Waals surface area contributed by atoms with Gasteiger partial charge in [0, 0.05) is 61.2 Å². The third-order valence-electron chi connectivity index (χ3n) is 14.7. The van der Waals surface area contributed by atoms with E-state index >= 15 is 0 Å². The molecule has 8 rings (SSSR count). The number of esters is 4. The van der Waals surface area contributed by atoms with Gasteiger partial charge in [-0.25, -0.2) is 4.79 Å². The predicted octanol–water partition coefficient (Wildman–Crippen LogP) is 0.0530. The molecule has 14 nitrogen and oxygen atoms in total. The second-order valence-corrected chi connectivity index (χ2v) is 16.5. The summed E-state index contributed by atoms with van der Waals surface area (Å²) in [6.45, 7) is 12.1. The van der Waals surface area contributed by atoms with E-state index in [9.17, 15) is 39.3 Å². The summed E-state index contributed by atoms with van der Waals surface area (Å²) in [7, 11) is 0. The molecule has 14 heteroatoms. The maximum atomic E-state index is 14.4. The summed E-state index contributed by atoms with van der Waals surface area (Å²) < 4.78 is 36.1. The van der Waals surface area contributed by atoms with Crippen LogP contribution in [-0.4, -0.2) is 105 Å². The molecule has 3 heterocycles. The van der Waals surface area contributed by atoms with Crippen LogP contribution in [0.5, 0.6) is 0 Å². The molecule has 8 fully saturated rings. The number of epoxide rings is 2. The highest BCUT2D eigenvalue weighted by atomic mass is 16.8. The van der Waals surface area contributed by atoms with Crippen LogP contribution in [0.4, 0.5) is 0 Å². The predicted molar refractivity (Wildman–Crippen MR) is 156 cm³/mol. The highest BCUT2D eigenvalue weighted by Crippen LogP contribution is 2.80. The topological polar surface area (TPSA) is 208 Å². The van der Waals surface area contributed by atoms with Crippen LogP contribution in [0.2, 0.25) is 0 Å². The van der Waals surface area contributed by atoms with Crippen molar-refractivity contribution in [2.24, 2.45) is 57.7 Å². The lowest BCUT2D eigenvalue weighted by molar-refractivity contribution is -0.273. The molecule has 5 aliphatic carbocycles. The summed E-state index contributed by atoms with van der Waals surface area (Å²) in [4.78, 5) is 66.2. The Bertz CT molecular complexity index is 1540. The van der Waals surface area contributed by atoms with Gasteiger partial charge in [0.15, 0.2) is 11.4 Å². The van der Waals surface area contributed by atoms with E-state index < -0.39 is 141 Å². The maximum absolute atomic E-state index is 14.4. The van der Waals surface area contributed by atoms with Crippen molar-refractivity contribution in [3.8, 4) is 0 Å². The quantitative estimate of drug-likeness (QED) is 0.205. The van der Waals surface area contributed by atoms with E-state index in [1.807, 2.05) is 6.92 Å². The fourth-order valence-electron chi connectivity index (χ4n) is 12.9. The molecule has 1 spiro atoms. The smallest absolute Gasteiger partial charge is 0.341 e. The van der Waals surface area contributed by atoms with Crippen LogP contribution in [-0.2, 0) is 52.4 Å². The van der Waals surface area contributed by atoms with Crippen molar-refractivity contribution in [2.45, 2.75) is 122 Å². The number of aliphatic hydroxyl groups excluding tert-OH is 2. The normalized spacial score (nSPS) is 59.6. The third-order valence-corrected chi connectivity index (χ3v) is 14.7. The number of hydrogen-bond donors (Lipinski definition) is 3. The average molecular weight is 677 g/mol. The van der Waals surface area contributed by atoms with Gasteiger partial charge >= 0.3 is 23.9 Å². The van der Waals surface area contributed by atoms with Crippen LogP contribution < -0.4 is 0 Å². The van der Waals surface area contributed by atoms with E-state index in [0.717, 1.165) is 0 Å². The fourth-order valence-corrected chi connectivity index (χ4v) is 12.9. The number of carbonyl (C=O) groups is 5. The Labute approximate surface area is 277 Å². The van der Waals surface area contributed by atoms with Crippen LogP contribution in [0.15, 0.2) is 0 Å². The second-order valence-electron chi connectivity index (χ2n) is 16.5. The van der Waals surface area contributed by atoms with Gasteiger partial charge in [-0.3, -0.25) is 19.2 Å². The molecule has 8 aliphatic rings. The van der Waals surface area contributed by atoms with Gasteiger partial charge in [0.05, 0.1) is 17.6 Å². The fraction of sp³-hybridized carbons (Fsp3) is 0.853. The Hall–Kier alpha value is -2.65. The van der Waals surface area contributed by atoms with Crippen molar-refractivity contribution >= 4 is 29.7 Å². The van der Waals surface area contributed by atoms with Crippen molar-refractivity contribution in [3.63, 3.8) is 0 Å². The standard InChI is InChI=1S/C34H44O14/c1-10-17-20(32(7)33(8,42)29(41)48-34(32)26(10)47-34)23(40)18-16-19(25(43-11(2)35)28(31(17,18)6)45-13(4)37)30(5)14(21(38)22(16)39)9-15-24(46-15)27(30)44-12(3)36/h10,14-20,22-28,39-40,42H,9H2,1-8H3/t10-,14+,15-,16-,17-,18+,19+,20-,22+,23+,24-,25-,26+,27-,28-,30-,31+,32-,33+,34-/m0/s1. The Morgan fingerprint density at radius 1 is 0.833 bits per heavy atom. The van der Waals surface area contributed by atoms with Crippen LogP contribution in [0, 0.1) is 57.7 Å². The minimum absolute atomic E-state index is 0.234. The zero-order valence-electron chi connectivity index (χ0n) is 28.2. The summed E-state index contributed by atoms with van der Waals surface area (Å²) in [5.41, 5.74) is -6.23. The Morgan fingerprint density at radius 2 is 1.44 bits per heavy atom. The number of ketones is 1. The number of hydrogen-bond acceptors (Lipinski definition) is 14. The lowest BCUT2D eigenvalue weighted by Gasteiger charge is -2.65. The Morgan fingerprint density at radius 3 is 2.04 bits per heavy atom. The van der Waals surface area contributed by atoms with E-state index in [-0.39, 0.29) is 12.5 Å². The largest absolute Gasteiger partial charge is 0.459 e. The molecule has 3 N–H and O–H groups in total. The van der Waals surface area contributed by atoms with Gasteiger partial charge in [-0.2, -0.15) is 0 Å². The van der Waals surface area contributed by atoms with E-state index in [1.165, 1.54) is 27.7 Å². The monoisotopic (exact) mass is 676 g/mol. The first-order chi connectivity index (χ1) is 22.2. The SMILES string of the molecule is CC(=O)O[C@H]1[C@H]2[C@H]([C@@H]3[C@@H](O)[C@@H]4[C@H]([C@H](C)[C@H]5O[C@]56OC(=O)[C@@](C)(O)[C@]46C)[C@@]3(C)[C@H]1OC(C)=O)[C@@H](O)C(=O)[C@H]1C[C@@H]3O[C@@H]3[C@H](OC(C)=O)[C@]21C. The first kappa shape index (κ1) is 32.5. The molecule has 0 unspecified atom stereocenters. The molecule has 3 aliphatic heterocycles. The van der Waals surface area contributed by atoms with Crippen molar-refractivity contribution < 1.29 is 67.7 Å². The van der Waals surface area contributed by atoms with Gasteiger partial charge in [0.25, 0.3) is 0 Å². The first-order valence-corrected chi connectivity index (χ1v) is 16.9. The molecular weight excluding hydrogens is 632 g/mol. The molecule has 0 radical (unpaired) electrons. The number of rotatable bonds is 3. The number of Topliss-reactive ketones (excluding diaryl/α,β-unsaturated/α-hetero) is 1. The molecule has 20 atom stereocenters. The minimum atomic E-state index is -2.11. The first-order valence-electron chi connectivity index (χ1n) is 16.9. The van der Waals surface area contributed by atoms with Crippen molar-refractivity contribution in [1.82, 2.24) is 0 Å². The summed E-state index contributed by atoms with van der Waals surface area (Å²) in [6.07, 6.45) is -7.90. The van der Waals surface area contributed by atoms with E-state index in [4.69, 9.17) is 28.4 Å². The van der Waals surface area contributed by atoms with Crippen LogP contribution in [0.25, 0.3) is 0 Å². The van der Waals surface area contributed by atoms with E-state index in [1.54, 1.807) is 20.8 Å². The number of ether oxygens (including phenoxy) is 6. The average Bonchev–Trinajstić information content (AvgIpc) is 3.88. The Kier molecular flexibility index (Phi) is 6.35. The molecule has 0 bridgehead atoms. The number of aliphatic hydroxyl groups is 3. The maximum Gasteiger partial charge on any atom is 0.341 e. The molecule has 5 saturated carbocycles. The second kappa shape index (κ2) is 9.36. The van der Waals surface area contributed by atoms with Crippen molar-refractivity contribution in [1.29, 1.82) is 0 Å². The summed E-state index contributed by atoms with van der Waals surface area (Å²) in [6, 6.07) is 0. The molecule has 0 aromatic heterocycles. The number of fused-ring (bicyclic) bond motifs is 9. The van der Waals surface area contributed by atoms with Crippen LogP contribution >= 0.6 is 0 Å². The lowest BCUT2D eigenvalue weighted by Crippen LogP contribution is -2.74. The highest BCUT2D eigenvalue weighted by molar-refractivity contribution is 5.88. The molecule has 0 aromatic rings. The summed E-state index contributed by atoms with van der Waals surface area (Å²) in [5, 5.41) is 36.8. The third kappa shape index (κ3) is 3.39. The van der Waals surface area contributed by atoms with Gasteiger partial charge in [-0.05, 0) is 32.1 Å². The van der Waals surface area contributed by atoms with Crippen LogP contribution in [0.3, 0.4) is 0 Å². The molecule has 264 valence electrons. The van der Waals surface area contributed by atoms with Crippen molar-refractivity contribution in [2.75, 3.05) is 0 Å². The van der Waals surface area contributed by atoms with E-state index in [2.05, 4.69) is 0 Å².